The maximum atomic E-state index is 6.61. The van der Waals surface area contributed by atoms with Gasteiger partial charge in [0.2, 0.25) is 0 Å². The fraction of sp³-hybridized carbons (Fsp3) is 0.867. The number of hydrogen-bond acceptors (Lipinski definition) is 1. The summed E-state index contributed by atoms with van der Waals surface area (Å²) in [6.07, 6.45) is 8.96. The fourth-order valence-corrected chi connectivity index (χ4v) is 4.50. The predicted octanol–water partition coefficient (Wildman–Crippen LogP) is 4.08. The zero-order chi connectivity index (χ0) is 11.6. The SMILES string of the molecule is CC1=CCC[C@]2(C)CC[C@H]3C[C@@]12OC3(C)C. The Morgan fingerprint density at radius 2 is 2.00 bits per heavy atom. The maximum Gasteiger partial charge on any atom is 0.0953 e. The van der Waals surface area contributed by atoms with E-state index in [1.807, 2.05) is 0 Å². The van der Waals surface area contributed by atoms with Crippen molar-refractivity contribution in [1.29, 1.82) is 0 Å². The summed E-state index contributed by atoms with van der Waals surface area (Å²) in [6, 6.07) is 0. The van der Waals surface area contributed by atoms with E-state index in [9.17, 15) is 0 Å². The van der Waals surface area contributed by atoms with Crippen molar-refractivity contribution in [2.45, 2.75) is 71.0 Å². The minimum absolute atomic E-state index is 0.0810. The van der Waals surface area contributed by atoms with Gasteiger partial charge in [0.25, 0.3) is 0 Å². The van der Waals surface area contributed by atoms with E-state index in [0.29, 0.717) is 5.41 Å². The van der Waals surface area contributed by atoms with Crippen LogP contribution in [0.4, 0.5) is 0 Å². The molecular weight excluding hydrogens is 196 g/mol. The van der Waals surface area contributed by atoms with E-state index in [1.54, 1.807) is 0 Å². The van der Waals surface area contributed by atoms with Gasteiger partial charge >= 0.3 is 0 Å². The van der Waals surface area contributed by atoms with Gasteiger partial charge in [-0.15, -0.1) is 0 Å². The average Bonchev–Trinajstić information content (AvgIpc) is 2.42. The molecule has 16 heavy (non-hydrogen) atoms. The zero-order valence-corrected chi connectivity index (χ0v) is 11.1. The molecule has 1 nitrogen and oxygen atoms in total. The molecular formula is C15H24O. The summed E-state index contributed by atoms with van der Waals surface area (Å²) in [5.41, 5.74) is 2.08. The first kappa shape index (κ1) is 10.8. The van der Waals surface area contributed by atoms with E-state index in [0.717, 1.165) is 5.92 Å². The van der Waals surface area contributed by atoms with E-state index >= 15 is 0 Å². The molecule has 1 saturated heterocycles. The minimum Gasteiger partial charge on any atom is -0.364 e. The van der Waals surface area contributed by atoms with E-state index in [2.05, 4.69) is 33.8 Å². The van der Waals surface area contributed by atoms with Gasteiger partial charge in [-0.3, -0.25) is 0 Å². The summed E-state index contributed by atoms with van der Waals surface area (Å²) in [5.74, 6) is 0.766. The lowest BCUT2D eigenvalue weighted by molar-refractivity contribution is -0.130. The minimum atomic E-state index is 0.0810. The molecule has 3 rings (SSSR count). The van der Waals surface area contributed by atoms with Gasteiger partial charge in [0.15, 0.2) is 0 Å². The molecule has 0 aromatic carbocycles. The molecule has 1 heterocycles. The summed E-state index contributed by atoms with van der Waals surface area (Å²) in [5, 5.41) is 0. The van der Waals surface area contributed by atoms with Gasteiger partial charge in [-0.25, -0.2) is 0 Å². The van der Waals surface area contributed by atoms with Crippen molar-refractivity contribution in [2.24, 2.45) is 11.3 Å². The van der Waals surface area contributed by atoms with Crippen LogP contribution >= 0.6 is 0 Å². The second-order valence-corrected chi connectivity index (χ2v) is 6.96. The van der Waals surface area contributed by atoms with Crippen LogP contribution in [0.5, 0.6) is 0 Å². The van der Waals surface area contributed by atoms with Crippen LogP contribution in [0.25, 0.3) is 0 Å². The quantitative estimate of drug-likeness (QED) is 0.559. The summed E-state index contributed by atoms with van der Waals surface area (Å²) in [4.78, 5) is 0. The number of fused-ring (bicyclic) bond motifs is 1. The molecule has 2 aliphatic carbocycles. The van der Waals surface area contributed by atoms with Gasteiger partial charge in [0.05, 0.1) is 11.2 Å². The highest BCUT2D eigenvalue weighted by atomic mass is 16.5. The second kappa shape index (κ2) is 2.93. The summed E-state index contributed by atoms with van der Waals surface area (Å²) in [6.45, 7) is 9.34. The molecule has 90 valence electrons. The molecule has 1 heteroatoms. The molecule has 3 atom stereocenters. The maximum absolute atomic E-state index is 6.61. The largest absolute Gasteiger partial charge is 0.364 e. The lowest BCUT2D eigenvalue weighted by Gasteiger charge is -2.51. The zero-order valence-electron chi connectivity index (χ0n) is 11.1. The lowest BCUT2D eigenvalue weighted by atomic mass is 9.56. The van der Waals surface area contributed by atoms with Gasteiger partial charge in [0, 0.05) is 5.41 Å². The van der Waals surface area contributed by atoms with Gasteiger partial charge in [-0.1, -0.05) is 13.0 Å². The van der Waals surface area contributed by atoms with Crippen LogP contribution in [0.2, 0.25) is 0 Å². The third kappa shape index (κ3) is 1.11. The predicted molar refractivity (Wildman–Crippen MR) is 66.3 cm³/mol. The first-order valence-corrected chi connectivity index (χ1v) is 6.77. The smallest absolute Gasteiger partial charge is 0.0953 e. The van der Waals surface area contributed by atoms with Crippen molar-refractivity contribution in [3.05, 3.63) is 11.6 Å². The van der Waals surface area contributed by atoms with Gasteiger partial charge in [0.1, 0.15) is 0 Å². The molecule has 0 N–H and O–H groups in total. The molecule has 0 aromatic heterocycles. The monoisotopic (exact) mass is 220 g/mol. The normalized spacial score (nSPS) is 49.8. The lowest BCUT2D eigenvalue weighted by Crippen LogP contribution is -2.51. The van der Waals surface area contributed by atoms with Crippen LogP contribution in [0, 0.1) is 11.3 Å². The highest BCUT2D eigenvalue weighted by Crippen LogP contribution is 2.64. The number of hydrogen-bond donors (Lipinski definition) is 0. The molecule has 0 radical (unpaired) electrons. The first-order valence-electron chi connectivity index (χ1n) is 6.77. The molecule has 0 aromatic rings. The standard InChI is InChI=1S/C15H24O/c1-11-6-5-8-14(4)9-7-12-10-15(11,14)16-13(12,2)3/h6,12H,5,7-10H2,1-4H3/t12-,14+,15+/m0/s1. The molecule has 2 bridgehead atoms. The van der Waals surface area contributed by atoms with Crippen LogP contribution in [0.1, 0.15) is 59.8 Å². The van der Waals surface area contributed by atoms with Crippen LogP contribution in [0.15, 0.2) is 11.6 Å². The van der Waals surface area contributed by atoms with Gasteiger partial charge in [-0.2, -0.15) is 0 Å². The summed E-state index contributed by atoms with van der Waals surface area (Å²) >= 11 is 0. The third-order valence-corrected chi connectivity index (χ3v) is 5.76. The van der Waals surface area contributed by atoms with E-state index in [4.69, 9.17) is 4.74 Å². The van der Waals surface area contributed by atoms with Crippen LogP contribution in [0.3, 0.4) is 0 Å². The van der Waals surface area contributed by atoms with Crippen LogP contribution < -0.4 is 0 Å². The number of ether oxygens (including phenoxy) is 1. The van der Waals surface area contributed by atoms with Crippen LogP contribution in [-0.2, 0) is 4.74 Å². The molecule has 1 spiro atoms. The molecule has 3 aliphatic rings. The highest BCUT2D eigenvalue weighted by Gasteiger charge is 2.63. The molecule has 2 fully saturated rings. The third-order valence-electron chi connectivity index (χ3n) is 5.76. The molecule has 1 aliphatic heterocycles. The van der Waals surface area contributed by atoms with Crippen molar-refractivity contribution in [2.75, 3.05) is 0 Å². The van der Waals surface area contributed by atoms with E-state index in [-0.39, 0.29) is 11.2 Å². The summed E-state index contributed by atoms with van der Waals surface area (Å²) in [7, 11) is 0. The van der Waals surface area contributed by atoms with E-state index < -0.39 is 0 Å². The van der Waals surface area contributed by atoms with Crippen molar-refractivity contribution >= 4 is 0 Å². The molecule has 1 saturated carbocycles. The Kier molecular flexibility index (Phi) is 1.98. The Bertz CT molecular complexity index is 354. The van der Waals surface area contributed by atoms with Crippen molar-refractivity contribution in [3.63, 3.8) is 0 Å². The van der Waals surface area contributed by atoms with Gasteiger partial charge in [-0.05, 0) is 64.4 Å². The Hall–Kier alpha value is -0.300. The second-order valence-electron chi connectivity index (χ2n) is 6.96. The van der Waals surface area contributed by atoms with E-state index in [1.165, 1.54) is 37.7 Å². The van der Waals surface area contributed by atoms with Gasteiger partial charge < -0.3 is 4.74 Å². The van der Waals surface area contributed by atoms with Crippen molar-refractivity contribution in [3.8, 4) is 0 Å². The van der Waals surface area contributed by atoms with Crippen molar-refractivity contribution in [1.82, 2.24) is 0 Å². The Morgan fingerprint density at radius 3 is 2.75 bits per heavy atom. The number of allylic oxidation sites excluding steroid dienone is 1. The van der Waals surface area contributed by atoms with Crippen LogP contribution in [-0.4, -0.2) is 11.2 Å². The Morgan fingerprint density at radius 1 is 1.25 bits per heavy atom. The van der Waals surface area contributed by atoms with Crippen molar-refractivity contribution < 1.29 is 4.74 Å². The topological polar surface area (TPSA) is 9.23 Å². The highest BCUT2D eigenvalue weighted by molar-refractivity contribution is 5.29. The fourth-order valence-electron chi connectivity index (χ4n) is 4.50. The molecule has 0 amide bonds. The Labute approximate surface area is 99.3 Å². The summed E-state index contributed by atoms with van der Waals surface area (Å²) < 4.78 is 6.61. The first-order chi connectivity index (χ1) is 7.40. The molecule has 0 unspecified atom stereocenters. The number of rotatable bonds is 0. The Balaban J connectivity index is 2.11. The average molecular weight is 220 g/mol.